The van der Waals surface area contributed by atoms with Gasteiger partial charge in [0, 0.05) is 55.6 Å². The number of β-amino-alcohol motifs (C(OH)–C–C–N with tert-alkyl or cyclic N) is 1. The molecule has 0 saturated carbocycles. The first-order chi connectivity index (χ1) is 13.5. The van der Waals surface area contributed by atoms with Crippen LogP contribution < -0.4 is 4.74 Å². The molecule has 2 aromatic rings. The van der Waals surface area contributed by atoms with Crippen molar-refractivity contribution in [2.45, 2.75) is 44.4 Å². The minimum atomic E-state index is -0.568. The fraction of sp³-hybridized carbons (Fsp3) is 0.571. The number of carbonyl (C=O) groups excluding carboxylic acids is 1. The summed E-state index contributed by atoms with van der Waals surface area (Å²) in [6.07, 6.45) is 2.72. The van der Waals surface area contributed by atoms with Crippen LogP contribution in [0.4, 0.5) is 4.79 Å². The maximum absolute atomic E-state index is 12.1. The number of fused-ring (bicyclic) bond motifs is 1. The van der Waals surface area contributed by atoms with E-state index in [9.17, 15) is 9.90 Å². The van der Waals surface area contributed by atoms with Gasteiger partial charge in [-0.2, -0.15) is 0 Å². The molecule has 0 aliphatic carbocycles. The SMILES string of the molecule is CC(C)N1CC2(CCN(CC(O)COc3cccc4[nH]ccc34)CC2)OC1=O. The van der Waals surface area contributed by atoms with Gasteiger partial charge >= 0.3 is 6.09 Å². The summed E-state index contributed by atoms with van der Waals surface area (Å²) in [6, 6.07) is 7.99. The number of H-pyrrole nitrogens is 1. The zero-order valence-electron chi connectivity index (χ0n) is 16.6. The number of piperidine rings is 1. The topological polar surface area (TPSA) is 78.0 Å². The van der Waals surface area contributed by atoms with E-state index in [0.29, 0.717) is 13.1 Å². The first kappa shape index (κ1) is 19.1. The molecule has 2 aliphatic rings. The number of hydrogen-bond acceptors (Lipinski definition) is 5. The Balaban J connectivity index is 1.26. The van der Waals surface area contributed by atoms with Gasteiger partial charge in [-0.1, -0.05) is 6.07 Å². The van der Waals surface area contributed by atoms with E-state index in [1.807, 2.05) is 44.3 Å². The summed E-state index contributed by atoms with van der Waals surface area (Å²) in [5.74, 6) is 0.780. The summed E-state index contributed by atoms with van der Waals surface area (Å²) in [7, 11) is 0. The maximum Gasteiger partial charge on any atom is 0.410 e. The third kappa shape index (κ3) is 3.82. The van der Waals surface area contributed by atoms with E-state index < -0.39 is 6.10 Å². The Hall–Kier alpha value is -2.25. The van der Waals surface area contributed by atoms with E-state index in [-0.39, 0.29) is 24.3 Å². The Morgan fingerprint density at radius 1 is 1.29 bits per heavy atom. The molecule has 3 heterocycles. The second kappa shape index (κ2) is 7.64. The average Bonchev–Trinajstić information content (AvgIpc) is 3.27. The summed E-state index contributed by atoms with van der Waals surface area (Å²) in [6.45, 7) is 7.12. The van der Waals surface area contributed by atoms with Crippen LogP contribution in [0.25, 0.3) is 10.9 Å². The van der Waals surface area contributed by atoms with Gasteiger partial charge in [0.05, 0.1) is 6.54 Å². The van der Waals surface area contributed by atoms with Gasteiger partial charge in [0.25, 0.3) is 0 Å². The van der Waals surface area contributed by atoms with E-state index in [4.69, 9.17) is 9.47 Å². The summed E-state index contributed by atoms with van der Waals surface area (Å²) in [5.41, 5.74) is 0.665. The van der Waals surface area contributed by atoms with Gasteiger partial charge in [0.15, 0.2) is 0 Å². The number of benzene rings is 1. The second-order valence-corrected chi connectivity index (χ2v) is 8.23. The lowest BCUT2D eigenvalue weighted by molar-refractivity contribution is -0.0144. The Morgan fingerprint density at radius 2 is 2.07 bits per heavy atom. The number of aliphatic hydroxyl groups excluding tert-OH is 1. The highest BCUT2D eigenvalue weighted by molar-refractivity contribution is 5.85. The molecule has 2 saturated heterocycles. The van der Waals surface area contributed by atoms with Gasteiger partial charge in [0.1, 0.15) is 24.1 Å². The number of carbonyl (C=O) groups is 1. The number of aromatic nitrogens is 1. The summed E-state index contributed by atoms with van der Waals surface area (Å²) >= 11 is 0. The third-order valence-corrected chi connectivity index (χ3v) is 5.84. The number of aromatic amines is 1. The van der Waals surface area contributed by atoms with E-state index in [1.54, 1.807) is 4.90 Å². The van der Waals surface area contributed by atoms with Crippen LogP contribution in [0.2, 0.25) is 0 Å². The van der Waals surface area contributed by atoms with Crippen molar-refractivity contribution in [1.29, 1.82) is 0 Å². The molecule has 7 heteroatoms. The molecular weight excluding hydrogens is 358 g/mol. The Morgan fingerprint density at radius 3 is 2.79 bits per heavy atom. The first-order valence-corrected chi connectivity index (χ1v) is 10.0. The van der Waals surface area contributed by atoms with Crippen LogP contribution in [0, 0.1) is 0 Å². The lowest BCUT2D eigenvalue weighted by Gasteiger charge is -2.38. The van der Waals surface area contributed by atoms with Crippen LogP contribution in [-0.2, 0) is 4.74 Å². The Kier molecular flexibility index (Phi) is 5.21. The highest BCUT2D eigenvalue weighted by Crippen LogP contribution is 2.34. The molecule has 28 heavy (non-hydrogen) atoms. The standard InChI is InChI=1S/C21H29N3O4/c1-15(2)24-14-21(28-20(24)26)7-10-23(11-8-21)12-16(25)13-27-19-5-3-4-18-17(19)6-9-22-18/h3-6,9,15-16,22,25H,7-8,10-14H2,1-2H3. The summed E-state index contributed by atoms with van der Waals surface area (Å²) in [5, 5.41) is 11.5. The Labute approximate surface area is 165 Å². The molecule has 2 fully saturated rings. The zero-order valence-corrected chi connectivity index (χ0v) is 16.6. The van der Waals surface area contributed by atoms with Gasteiger partial charge in [0.2, 0.25) is 0 Å². The molecule has 0 bridgehead atoms. The van der Waals surface area contributed by atoms with Crippen LogP contribution in [0.15, 0.2) is 30.5 Å². The molecule has 7 nitrogen and oxygen atoms in total. The minimum absolute atomic E-state index is 0.161. The number of aliphatic hydroxyl groups is 1. The van der Waals surface area contributed by atoms with Gasteiger partial charge in [-0.3, -0.25) is 0 Å². The fourth-order valence-corrected chi connectivity index (χ4v) is 4.17. The summed E-state index contributed by atoms with van der Waals surface area (Å²) in [4.78, 5) is 19.3. The van der Waals surface area contributed by atoms with Crippen molar-refractivity contribution in [2.75, 3.05) is 32.8 Å². The molecule has 152 valence electrons. The predicted molar refractivity (Wildman–Crippen MR) is 107 cm³/mol. The largest absolute Gasteiger partial charge is 0.490 e. The predicted octanol–water partition coefficient (Wildman–Crippen LogP) is 2.60. The molecule has 1 amide bonds. The summed E-state index contributed by atoms with van der Waals surface area (Å²) < 4.78 is 11.6. The van der Waals surface area contributed by atoms with E-state index >= 15 is 0 Å². The number of ether oxygens (including phenoxy) is 2. The van der Waals surface area contributed by atoms with E-state index in [1.165, 1.54) is 0 Å². The van der Waals surface area contributed by atoms with Gasteiger partial charge < -0.3 is 29.4 Å². The van der Waals surface area contributed by atoms with Crippen molar-refractivity contribution in [2.24, 2.45) is 0 Å². The monoisotopic (exact) mass is 387 g/mol. The van der Waals surface area contributed by atoms with Crippen molar-refractivity contribution in [3.05, 3.63) is 30.5 Å². The first-order valence-electron chi connectivity index (χ1n) is 10.0. The van der Waals surface area contributed by atoms with Crippen molar-refractivity contribution in [1.82, 2.24) is 14.8 Å². The fourth-order valence-electron chi connectivity index (χ4n) is 4.17. The molecule has 1 aromatic heterocycles. The van der Waals surface area contributed by atoms with E-state index in [2.05, 4.69) is 9.88 Å². The molecule has 4 rings (SSSR count). The molecule has 1 unspecified atom stereocenters. The quantitative estimate of drug-likeness (QED) is 0.797. The molecule has 1 spiro atoms. The van der Waals surface area contributed by atoms with Crippen molar-refractivity contribution in [3.8, 4) is 5.75 Å². The number of nitrogens with zero attached hydrogens (tertiary/aromatic N) is 2. The molecule has 0 radical (unpaired) electrons. The van der Waals surface area contributed by atoms with Crippen LogP contribution in [0.5, 0.6) is 5.75 Å². The van der Waals surface area contributed by atoms with Crippen molar-refractivity contribution >= 4 is 17.0 Å². The van der Waals surface area contributed by atoms with Crippen molar-refractivity contribution in [3.63, 3.8) is 0 Å². The molecule has 2 aliphatic heterocycles. The van der Waals surface area contributed by atoms with Crippen LogP contribution in [0.1, 0.15) is 26.7 Å². The lowest BCUT2D eigenvalue weighted by Crippen LogP contribution is -2.49. The lowest BCUT2D eigenvalue weighted by atomic mass is 9.91. The molecule has 1 atom stereocenters. The van der Waals surface area contributed by atoms with Gasteiger partial charge in [-0.05, 0) is 32.0 Å². The molecule has 1 aromatic carbocycles. The number of nitrogens with one attached hydrogen (secondary N) is 1. The third-order valence-electron chi connectivity index (χ3n) is 5.84. The van der Waals surface area contributed by atoms with Gasteiger partial charge in [-0.15, -0.1) is 0 Å². The van der Waals surface area contributed by atoms with Crippen LogP contribution in [-0.4, -0.2) is 76.5 Å². The van der Waals surface area contributed by atoms with Crippen LogP contribution in [0.3, 0.4) is 0 Å². The highest BCUT2D eigenvalue weighted by atomic mass is 16.6. The number of likely N-dealkylation sites (tertiary alicyclic amines) is 1. The average molecular weight is 387 g/mol. The zero-order chi connectivity index (χ0) is 19.7. The normalized spacial score (nSPS) is 20.9. The smallest absolute Gasteiger partial charge is 0.410 e. The second-order valence-electron chi connectivity index (χ2n) is 8.23. The maximum atomic E-state index is 12.1. The highest BCUT2D eigenvalue weighted by Gasteiger charge is 2.47. The molecule has 2 N–H and O–H groups in total. The van der Waals surface area contributed by atoms with E-state index in [0.717, 1.165) is 42.6 Å². The van der Waals surface area contributed by atoms with Crippen LogP contribution >= 0.6 is 0 Å². The number of amides is 1. The minimum Gasteiger partial charge on any atom is -0.490 e. The number of hydrogen-bond donors (Lipinski definition) is 2. The Bertz CT molecular complexity index is 826. The molecular formula is C21H29N3O4. The van der Waals surface area contributed by atoms with Crippen molar-refractivity contribution < 1.29 is 19.4 Å². The van der Waals surface area contributed by atoms with Gasteiger partial charge in [-0.25, -0.2) is 4.79 Å². The number of rotatable bonds is 6.